The van der Waals surface area contributed by atoms with E-state index < -0.39 is 0 Å². The smallest absolute Gasteiger partial charge is 0.260 e. The Kier molecular flexibility index (Phi) is 3.92. The first-order valence-corrected chi connectivity index (χ1v) is 7.43. The van der Waals surface area contributed by atoms with Gasteiger partial charge in [-0.05, 0) is 43.2 Å². The molecule has 1 saturated carbocycles. The third-order valence-corrected chi connectivity index (χ3v) is 4.55. The van der Waals surface area contributed by atoms with Crippen molar-refractivity contribution in [2.45, 2.75) is 25.3 Å². The molecule has 1 unspecified atom stereocenters. The van der Waals surface area contributed by atoms with Crippen molar-refractivity contribution in [3.8, 4) is 5.75 Å². The van der Waals surface area contributed by atoms with Crippen LogP contribution in [0.25, 0.3) is 0 Å². The lowest BCUT2D eigenvalue weighted by Gasteiger charge is -2.27. The van der Waals surface area contributed by atoms with Crippen molar-refractivity contribution >= 4 is 5.91 Å². The Morgan fingerprint density at radius 1 is 1.20 bits per heavy atom. The monoisotopic (exact) mass is 274 g/mol. The fourth-order valence-corrected chi connectivity index (χ4v) is 3.42. The van der Waals surface area contributed by atoms with Gasteiger partial charge in [0.15, 0.2) is 6.61 Å². The van der Waals surface area contributed by atoms with Crippen LogP contribution in [0.4, 0.5) is 0 Å². The predicted octanol–water partition coefficient (Wildman–Crippen LogP) is 1.65. The number of para-hydroxylation sites is 1. The zero-order chi connectivity index (χ0) is 13.9. The summed E-state index contributed by atoms with van der Waals surface area (Å²) < 4.78 is 5.54. The van der Waals surface area contributed by atoms with Gasteiger partial charge < -0.3 is 15.4 Å². The summed E-state index contributed by atoms with van der Waals surface area (Å²) in [6, 6.07) is 9.82. The van der Waals surface area contributed by atoms with Crippen LogP contribution in [-0.4, -0.2) is 36.5 Å². The molecule has 108 valence electrons. The summed E-state index contributed by atoms with van der Waals surface area (Å²) in [4.78, 5) is 14.2. The maximum Gasteiger partial charge on any atom is 0.260 e. The number of amides is 1. The summed E-state index contributed by atoms with van der Waals surface area (Å²) in [5, 5.41) is 0. The molecule has 2 fully saturated rings. The molecule has 1 aliphatic heterocycles. The van der Waals surface area contributed by atoms with Crippen molar-refractivity contribution in [2.24, 2.45) is 17.6 Å². The van der Waals surface area contributed by atoms with Crippen molar-refractivity contribution in [3.05, 3.63) is 30.3 Å². The van der Waals surface area contributed by atoms with Gasteiger partial charge in [-0.2, -0.15) is 0 Å². The van der Waals surface area contributed by atoms with Crippen LogP contribution in [0.5, 0.6) is 5.75 Å². The number of carbonyl (C=O) groups excluding carboxylic acids is 1. The second-order valence-corrected chi connectivity index (χ2v) is 5.99. The molecule has 1 aromatic carbocycles. The maximum absolute atomic E-state index is 12.2. The highest BCUT2D eigenvalue weighted by Crippen LogP contribution is 2.35. The van der Waals surface area contributed by atoms with Crippen molar-refractivity contribution in [1.29, 1.82) is 0 Å². The van der Waals surface area contributed by atoms with E-state index >= 15 is 0 Å². The predicted molar refractivity (Wildman–Crippen MR) is 77.3 cm³/mol. The van der Waals surface area contributed by atoms with Crippen LogP contribution in [0.3, 0.4) is 0 Å². The number of likely N-dealkylation sites (tertiary alicyclic amines) is 1. The van der Waals surface area contributed by atoms with Gasteiger partial charge in [0.1, 0.15) is 5.75 Å². The summed E-state index contributed by atoms with van der Waals surface area (Å²) in [6.07, 6.45) is 3.33. The molecule has 0 spiro atoms. The van der Waals surface area contributed by atoms with E-state index in [1.807, 2.05) is 35.2 Å². The summed E-state index contributed by atoms with van der Waals surface area (Å²) in [7, 11) is 0. The second kappa shape index (κ2) is 5.83. The first-order chi connectivity index (χ1) is 9.72. The van der Waals surface area contributed by atoms with E-state index in [0.29, 0.717) is 17.9 Å². The summed E-state index contributed by atoms with van der Waals surface area (Å²) >= 11 is 0. The highest BCUT2D eigenvalue weighted by Gasteiger charge is 2.38. The van der Waals surface area contributed by atoms with Gasteiger partial charge in [0, 0.05) is 19.1 Å². The number of rotatable bonds is 3. The van der Waals surface area contributed by atoms with Gasteiger partial charge in [-0.25, -0.2) is 0 Å². The average molecular weight is 274 g/mol. The van der Waals surface area contributed by atoms with E-state index in [1.165, 1.54) is 0 Å². The standard InChI is InChI=1S/C16H22N2O2/c17-14-7-6-12-9-18(10-13(12)8-14)16(19)11-20-15-4-2-1-3-5-15/h1-5,12-14H,6-11,17H2/t12-,13+,14?/m1/s1. The number of hydrogen-bond acceptors (Lipinski definition) is 3. The molecule has 1 saturated heterocycles. The molecule has 4 heteroatoms. The third-order valence-electron chi connectivity index (χ3n) is 4.55. The topological polar surface area (TPSA) is 55.6 Å². The van der Waals surface area contributed by atoms with Crippen LogP contribution >= 0.6 is 0 Å². The first kappa shape index (κ1) is 13.4. The number of fused-ring (bicyclic) bond motifs is 1. The molecule has 1 aromatic rings. The van der Waals surface area contributed by atoms with Gasteiger partial charge in [-0.3, -0.25) is 4.79 Å². The molecule has 2 N–H and O–H groups in total. The lowest BCUT2D eigenvalue weighted by Crippen LogP contribution is -2.33. The van der Waals surface area contributed by atoms with E-state index in [1.54, 1.807) is 0 Å². The molecular formula is C16H22N2O2. The second-order valence-electron chi connectivity index (χ2n) is 5.99. The molecule has 3 atom stereocenters. The molecule has 0 aromatic heterocycles. The number of carbonyl (C=O) groups is 1. The largest absolute Gasteiger partial charge is 0.484 e. The molecule has 0 bridgehead atoms. The van der Waals surface area contributed by atoms with Crippen LogP contribution in [0.2, 0.25) is 0 Å². The molecule has 1 amide bonds. The van der Waals surface area contributed by atoms with Crippen LogP contribution in [0.15, 0.2) is 30.3 Å². The van der Waals surface area contributed by atoms with Gasteiger partial charge in [0.25, 0.3) is 5.91 Å². The zero-order valence-electron chi connectivity index (χ0n) is 11.7. The quantitative estimate of drug-likeness (QED) is 0.912. The highest BCUT2D eigenvalue weighted by molar-refractivity contribution is 5.78. The maximum atomic E-state index is 12.2. The van der Waals surface area contributed by atoms with Crippen molar-refractivity contribution in [1.82, 2.24) is 4.90 Å². The number of nitrogens with two attached hydrogens (primary N) is 1. The highest BCUT2D eigenvalue weighted by atomic mass is 16.5. The Bertz CT molecular complexity index is 463. The summed E-state index contributed by atoms with van der Waals surface area (Å²) in [6.45, 7) is 1.87. The van der Waals surface area contributed by atoms with Gasteiger partial charge >= 0.3 is 0 Å². The van der Waals surface area contributed by atoms with Crippen LogP contribution in [0, 0.1) is 11.8 Å². The molecule has 2 aliphatic rings. The third kappa shape index (κ3) is 2.96. The van der Waals surface area contributed by atoms with E-state index in [2.05, 4.69) is 0 Å². The Balaban J connectivity index is 1.51. The summed E-state index contributed by atoms with van der Waals surface area (Å²) in [5.74, 6) is 2.09. The summed E-state index contributed by atoms with van der Waals surface area (Å²) in [5.41, 5.74) is 6.02. The fraction of sp³-hybridized carbons (Fsp3) is 0.562. The molecule has 0 radical (unpaired) electrons. The van der Waals surface area contributed by atoms with Crippen LogP contribution < -0.4 is 10.5 Å². The Hall–Kier alpha value is -1.55. The van der Waals surface area contributed by atoms with Gasteiger partial charge in [-0.1, -0.05) is 18.2 Å². The van der Waals surface area contributed by atoms with E-state index in [9.17, 15) is 4.79 Å². The molecule has 4 nitrogen and oxygen atoms in total. The lowest BCUT2D eigenvalue weighted by molar-refractivity contribution is -0.132. The van der Waals surface area contributed by atoms with Gasteiger partial charge in [0.05, 0.1) is 0 Å². The van der Waals surface area contributed by atoms with Gasteiger partial charge in [0.2, 0.25) is 0 Å². The lowest BCUT2D eigenvalue weighted by atomic mass is 9.79. The van der Waals surface area contributed by atoms with Crippen molar-refractivity contribution in [2.75, 3.05) is 19.7 Å². The molecule has 3 rings (SSSR count). The number of nitrogens with zero attached hydrogens (tertiary/aromatic N) is 1. The SMILES string of the molecule is NC1CC[C@@H]2CN(C(=O)COc3ccccc3)C[C@@H]2C1. The minimum absolute atomic E-state index is 0.0943. The zero-order valence-corrected chi connectivity index (χ0v) is 11.7. The van der Waals surface area contributed by atoms with E-state index in [-0.39, 0.29) is 12.5 Å². The van der Waals surface area contributed by atoms with Gasteiger partial charge in [-0.15, -0.1) is 0 Å². The van der Waals surface area contributed by atoms with E-state index in [4.69, 9.17) is 10.5 Å². The average Bonchev–Trinajstić information content (AvgIpc) is 2.89. The fourth-order valence-electron chi connectivity index (χ4n) is 3.42. The molecule has 1 aliphatic carbocycles. The Morgan fingerprint density at radius 3 is 2.75 bits per heavy atom. The Morgan fingerprint density at radius 2 is 1.95 bits per heavy atom. The van der Waals surface area contributed by atoms with E-state index in [0.717, 1.165) is 38.1 Å². The first-order valence-electron chi connectivity index (χ1n) is 7.43. The van der Waals surface area contributed by atoms with Crippen molar-refractivity contribution < 1.29 is 9.53 Å². The number of benzene rings is 1. The molecule has 20 heavy (non-hydrogen) atoms. The minimum Gasteiger partial charge on any atom is -0.484 e. The Labute approximate surface area is 119 Å². The van der Waals surface area contributed by atoms with Crippen LogP contribution in [0.1, 0.15) is 19.3 Å². The number of ether oxygens (including phenoxy) is 1. The number of hydrogen-bond donors (Lipinski definition) is 1. The minimum atomic E-state index is 0.0943. The van der Waals surface area contributed by atoms with Crippen LogP contribution in [-0.2, 0) is 4.79 Å². The molecule has 1 heterocycles. The van der Waals surface area contributed by atoms with Crippen molar-refractivity contribution in [3.63, 3.8) is 0 Å². The normalized spacial score (nSPS) is 29.1. The molecular weight excluding hydrogens is 252 g/mol.